The molecule has 2 heterocycles. The van der Waals surface area contributed by atoms with E-state index in [0.29, 0.717) is 0 Å². The molecule has 0 atom stereocenters. The molecule has 0 unspecified atom stereocenters. The minimum absolute atomic E-state index is 0.846. The van der Waals surface area contributed by atoms with E-state index < -0.39 is 0 Å². The second-order valence-electron chi connectivity index (χ2n) is 4.09. The van der Waals surface area contributed by atoms with Crippen LogP contribution in [-0.4, -0.2) is 32.8 Å². The molecule has 2 aliphatic rings. The highest BCUT2D eigenvalue weighted by molar-refractivity contribution is 5.61. The molecule has 0 bridgehead atoms. The van der Waals surface area contributed by atoms with Gasteiger partial charge in [-0.2, -0.15) is 0 Å². The number of nitrogens with one attached hydrogen (secondary N) is 1. The number of fused-ring (bicyclic) bond motifs is 1. The Balaban J connectivity index is 1.93. The van der Waals surface area contributed by atoms with Gasteiger partial charge in [0.15, 0.2) is 0 Å². The van der Waals surface area contributed by atoms with Gasteiger partial charge >= 0.3 is 0 Å². The maximum atomic E-state index is 5.59. The van der Waals surface area contributed by atoms with Gasteiger partial charge in [0.1, 0.15) is 5.75 Å². The lowest BCUT2D eigenvalue weighted by Crippen LogP contribution is -2.43. The van der Waals surface area contributed by atoms with E-state index in [4.69, 9.17) is 4.74 Å². The summed E-state index contributed by atoms with van der Waals surface area (Å²) in [5.41, 5.74) is 2.78. The lowest BCUT2D eigenvalue weighted by atomic mass is 10.1. The average Bonchev–Trinajstić information content (AvgIpc) is 2.78. The van der Waals surface area contributed by atoms with Crippen LogP contribution in [0.25, 0.3) is 0 Å². The van der Waals surface area contributed by atoms with E-state index in [2.05, 4.69) is 28.4 Å². The molecule has 3 rings (SSSR count). The van der Waals surface area contributed by atoms with Crippen molar-refractivity contribution in [1.82, 2.24) is 5.32 Å². The van der Waals surface area contributed by atoms with Crippen molar-refractivity contribution in [3.8, 4) is 5.75 Å². The second kappa shape index (κ2) is 3.74. The zero-order valence-corrected chi connectivity index (χ0v) is 8.83. The fraction of sp³-hybridized carbons (Fsp3) is 0.500. The highest BCUT2D eigenvalue weighted by atomic mass is 16.5. The number of nitrogens with zero attached hydrogens (tertiary/aromatic N) is 1. The van der Waals surface area contributed by atoms with Gasteiger partial charge in [0.2, 0.25) is 0 Å². The maximum absolute atomic E-state index is 5.59. The monoisotopic (exact) mass is 204 g/mol. The lowest BCUT2D eigenvalue weighted by molar-refractivity contribution is 0.357. The molecule has 1 aromatic carbocycles. The van der Waals surface area contributed by atoms with Crippen LogP contribution >= 0.6 is 0 Å². The fourth-order valence-corrected chi connectivity index (χ4v) is 2.41. The van der Waals surface area contributed by atoms with Crippen LogP contribution in [0.2, 0.25) is 0 Å². The summed E-state index contributed by atoms with van der Waals surface area (Å²) in [6.07, 6.45) is 1.06. The van der Waals surface area contributed by atoms with Crippen LogP contribution in [0, 0.1) is 0 Å². The summed E-state index contributed by atoms with van der Waals surface area (Å²) in [5.74, 6) is 1.09. The van der Waals surface area contributed by atoms with Gasteiger partial charge in [0, 0.05) is 43.9 Å². The summed E-state index contributed by atoms with van der Waals surface area (Å²) in [4.78, 5) is 2.46. The van der Waals surface area contributed by atoms with Crippen LogP contribution in [0.15, 0.2) is 18.2 Å². The zero-order chi connectivity index (χ0) is 10.1. The first-order chi connectivity index (χ1) is 7.45. The molecule has 2 aliphatic heterocycles. The van der Waals surface area contributed by atoms with E-state index in [9.17, 15) is 0 Å². The van der Waals surface area contributed by atoms with Crippen LogP contribution in [0.1, 0.15) is 5.56 Å². The Morgan fingerprint density at radius 1 is 1.20 bits per heavy atom. The lowest BCUT2D eigenvalue weighted by Gasteiger charge is -2.30. The summed E-state index contributed by atoms with van der Waals surface area (Å²) < 4.78 is 5.59. The summed E-state index contributed by atoms with van der Waals surface area (Å²) >= 11 is 0. The number of anilines is 1. The van der Waals surface area contributed by atoms with Gasteiger partial charge in [-0.1, -0.05) is 6.07 Å². The number of ether oxygens (including phenoxy) is 1. The van der Waals surface area contributed by atoms with Gasteiger partial charge in [-0.05, 0) is 12.1 Å². The largest absolute Gasteiger partial charge is 0.493 e. The maximum Gasteiger partial charge on any atom is 0.124 e. The number of rotatable bonds is 1. The van der Waals surface area contributed by atoms with Crippen LogP contribution < -0.4 is 15.0 Å². The van der Waals surface area contributed by atoms with E-state index in [1.807, 2.05) is 0 Å². The quantitative estimate of drug-likeness (QED) is 0.739. The molecule has 1 fully saturated rings. The van der Waals surface area contributed by atoms with Gasteiger partial charge in [0.05, 0.1) is 6.61 Å². The van der Waals surface area contributed by atoms with Crippen LogP contribution in [0.3, 0.4) is 0 Å². The third-order valence-corrected chi connectivity index (χ3v) is 3.18. The molecule has 1 aromatic rings. The number of hydrogen-bond acceptors (Lipinski definition) is 3. The molecule has 0 aliphatic carbocycles. The van der Waals surface area contributed by atoms with Crippen molar-refractivity contribution in [1.29, 1.82) is 0 Å². The molecule has 15 heavy (non-hydrogen) atoms. The third kappa shape index (κ3) is 1.57. The molecule has 1 N–H and O–H groups in total. The smallest absolute Gasteiger partial charge is 0.124 e. The predicted molar refractivity (Wildman–Crippen MR) is 60.7 cm³/mol. The first-order valence-electron chi connectivity index (χ1n) is 5.65. The van der Waals surface area contributed by atoms with Gasteiger partial charge in [-0.15, -0.1) is 0 Å². The van der Waals surface area contributed by atoms with E-state index >= 15 is 0 Å². The van der Waals surface area contributed by atoms with Gasteiger partial charge in [-0.25, -0.2) is 0 Å². The van der Waals surface area contributed by atoms with E-state index in [1.165, 1.54) is 11.3 Å². The molecule has 3 nitrogen and oxygen atoms in total. The number of benzene rings is 1. The Hall–Kier alpha value is -1.22. The molecule has 0 aromatic heterocycles. The first kappa shape index (κ1) is 9.04. The van der Waals surface area contributed by atoms with E-state index in [-0.39, 0.29) is 0 Å². The Bertz CT molecular complexity index is 359. The van der Waals surface area contributed by atoms with Crippen molar-refractivity contribution in [2.75, 3.05) is 37.7 Å². The molecule has 0 radical (unpaired) electrons. The van der Waals surface area contributed by atoms with Crippen molar-refractivity contribution >= 4 is 5.69 Å². The van der Waals surface area contributed by atoms with Gasteiger partial charge in [0.25, 0.3) is 0 Å². The zero-order valence-electron chi connectivity index (χ0n) is 8.83. The molecule has 0 spiro atoms. The van der Waals surface area contributed by atoms with Gasteiger partial charge < -0.3 is 15.0 Å². The third-order valence-electron chi connectivity index (χ3n) is 3.18. The molecular weight excluding hydrogens is 188 g/mol. The topological polar surface area (TPSA) is 24.5 Å². The Morgan fingerprint density at radius 3 is 2.93 bits per heavy atom. The van der Waals surface area contributed by atoms with Crippen molar-refractivity contribution in [2.24, 2.45) is 0 Å². The van der Waals surface area contributed by atoms with Crippen molar-refractivity contribution in [3.05, 3.63) is 23.8 Å². The normalized spacial score (nSPS) is 19.9. The summed E-state index contributed by atoms with van der Waals surface area (Å²) in [6.45, 7) is 5.24. The van der Waals surface area contributed by atoms with Crippen molar-refractivity contribution < 1.29 is 4.74 Å². The molecular formula is C12H16N2O. The highest BCUT2D eigenvalue weighted by Gasteiger charge is 2.20. The van der Waals surface area contributed by atoms with Gasteiger partial charge in [-0.3, -0.25) is 0 Å². The Kier molecular flexibility index (Phi) is 2.25. The minimum atomic E-state index is 0.846. The van der Waals surface area contributed by atoms with Crippen LogP contribution in [-0.2, 0) is 6.42 Å². The Labute approximate surface area is 90.0 Å². The minimum Gasteiger partial charge on any atom is -0.493 e. The SMILES string of the molecule is c1cc2c(c(N3CCNCC3)c1)CCO2. The Morgan fingerprint density at radius 2 is 2.07 bits per heavy atom. The molecule has 1 saturated heterocycles. The van der Waals surface area contributed by atoms with Crippen molar-refractivity contribution in [2.45, 2.75) is 6.42 Å². The summed E-state index contributed by atoms with van der Waals surface area (Å²) in [5, 5.41) is 3.38. The summed E-state index contributed by atoms with van der Waals surface area (Å²) in [7, 11) is 0. The fourth-order valence-electron chi connectivity index (χ4n) is 2.41. The molecule has 3 heteroatoms. The van der Waals surface area contributed by atoms with E-state index in [1.54, 1.807) is 0 Å². The second-order valence-corrected chi connectivity index (χ2v) is 4.09. The van der Waals surface area contributed by atoms with Crippen LogP contribution in [0.4, 0.5) is 5.69 Å². The highest BCUT2D eigenvalue weighted by Crippen LogP contribution is 2.33. The standard InChI is InChI=1S/C12H16N2O/c1-2-11(14-7-5-13-6-8-14)10-4-9-15-12(10)3-1/h1-3,13H,4-9H2. The number of piperazine rings is 1. The van der Waals surface area contributed by atoms with Crippen molar-refractivity contribution in [3.63, 3.8) is 0 Å². The summed E-state index contributed by atoms with van der Waals surface area (Å²) in [6, 6.07) is 6.40. The molecule has 80 valence electrons. The molecule has 0 saturated carbocycles. The van der Waals surface area contributed by atoms with Crippen LogP contribution in [0.5, 0.6) is 5.75 Å². The van der Waals surface area contributed by atoms with E-state index in [0.717, 1.165) is 45.0 Å². The number of hydrogen-bond donors (Lipinski definition) is 1. The first-order valence-corrected chi connectivity index (χ1v) is 5.65. The average molecular weight is 204 g/mol. The molecule has 0 amide bonds. The predicted octanol–water partition coefficient (Wildman–Crippen LogP) is 1.03.